The average Bonchev–Trinajstić information content (AvgIpc) is 2.56. The molecular formula is C15H21N3O3S. The lowest BCUT2D eigenvalue weighted by molar-refractivity contribution is 0.162. The van der Waals surface area contributed by atoms with E-state index >= 15 is 0 Å². The van der Waals surface area contributed by atoms with E-state index in [0.717, 1.165) is 11.3 Å². The third-order valence-electron chi connectivity index (χ3n) is 3.95. The second-order valence-corrected chi connectivity index (χ2v) is 7.40. The highest BCUT2D eigenvalue weighted by molar-refractivity contribution is 7.89. The first-order chi connectivity index (χ1) is 10.5. The minimum atomic E-state index is -3.14. The standard InChI is InChI=1S/C15H21N3O3S/c1-3-22(19,20)18-10-8-17(9-11-18)15(12-16)13-4-6-14(21-2)7-5-13/h4-7,15H,3,8-11H2,1-2H3. The number of hydrogen-bond acceptors (Lipinski definition) is 5. The fraction of sp³-hybridized carbons (Fsp3) is 0.533. The summed E-state index contributed by atoms with van der Waals surface area (Å²) in [5.74, 6) is 0.868. The van der Waals surface area contributed by atoms with Crippen LogP contribution in [0.4, 0.5) is 0 Å². The molecule has 7 heteroatoms. The average molecular weight is 323 g/mol. The minimum absolute atomic E-state index is 0.118. The van der Waals surface area contributed by atoms with Crippen LogP contribution in [0.15, 0.2) is 24.3 Å². The third-order valence-corrected chi connectivity index (χ3v) is 5.83. The van der Waals surface area contributed by atoms with Gasteiger partial charge in [0.1, 0.15) is 11.8 Å². The molecule has 0 bridgehead atoms. The first-order valence-corrected chi connectivity index (χ1v) is 8.88. The van der Waals surface area contributed by atoms with Gasteiger partial charge in [-0.3, -0.25) is 4.90 Å². The van der Waals surface area contributed by atoms with Gasteiger partial charge in [0.25, 0.3) is 0 Å². The van der Waals surface area contributed by atoms with Crippen molar-refractivity contribution < 1.29 is 13.2 Å². The van der Waals surface area contributed by atoms with Crippen molar-refractivity contribution in [2.24, 2.45) is 0 Å². The van der Waals surface area contributed by atoms with Crippen LogP contribution in [0, 0.1) is 11.3 Å². The number of rotatable bonds is 5. The van der Waals surface area contributed by atoms with Crippen molar-refractivity contribution >= 4 is 10.0 Å². The topological polar surface area (TPSA) is 73.6 Å². The molecule has 22 heavy (non-hydrogen) atoms. The van der Waals surface area contributed by atoms with Gasteiger partial charge < -0.3 is 4.74 Å². The Balaban J connectivity index is 2.06. The molecule has 1 aromatic carbocycles. The van der Waals surface area contributed by atoms with E-state index < -0.39 is 10.0 Å². The fourth-order valence-corrected chi connectivity index (χ4v) is 3.66. The maximum absolute atomic E-state index is 11.9. The summed E-state index contributed by atoms with van der Waals surface area (Å²) in [5, 5.41) is 9.48. The number of piperazine rings is 1. The number of ether oxygens (including phenoxy) is 1. The van der Waals surface area contributed by atoms with Crippen molar-refractivity contribution in [1.29, 1.82) is 5.26 Å². The Labute approximate surface area is 131 Å². The Bertz CT molecular complexity index is 629. The van der Waals surface area contributed by atoms with E-state index in [9.17, 15) is 13.7 Å². The molecule has 6 nitrogen and oxygen atoms in total. The highest BCUT2D eigenvalue weighted by Gasteiger charge is 2.29. The molecule has 0 radical (unpaired) electrons. The van der Waals surface area contributed by atoms with Gasteiger partial charge in [0.05, 0.1) is 18.9 Å². The molecule has 1 aliphatic rings. The van der Waals surface area contributed by atoms with E-state index in [1.807, 2.05) is 29.2 Å². The number of benzene rings is 1. The molecule has 0 aromatic heterocycles. The molecule has 120 valence electrons. The molecule has 1 aromatic rings. The number of hydrogen-bond donors (Lipinski definition) is 0. The summed E-state index contributed by atoms with van der Waals surface area (Å²) in [6.45, 7) is 3.64. The summed E-state index contributed by atoms with van der Waals surface area (Å²) in [7, 11) is -1.54. The lowest BCUT2D eigenvalue weighted by Gasteiger charge is -2.36. The predicted octanol–water partition coefficient (Wildman–Crippen LogP) is 1.23. The second-order valence-electron chi connectivity index (χ2n) is 5.14. The van der Waals surface area contributed by atoms with Crippen molar-refractivity contribution in [3.05, 3.63) is 29.8 Å². The molecule has 0 amide bonds. The van der Waals surface area contributed by atoms with Crippen molar-refractivity contribution in [1.82, 2.24) is 9.21 Å². The van der Waals surface area contributed by atoms with Gasteiger partial charge in [-0.05, 0) is 24.6 Å². The molecule has 1 aliphatic heterocycles. The lowest BCUT2D eigenvalue weighted by atomic mass is 10.1. The summed E-state index contributed by atoms with van der Waals surface area (Å²) in [5.41, 5.74) is 0.898. The van der Waals surface area contributed by atoms with Gasteiger partial charge in [-0.2, -0.15) is 9.57 Å². The van der Waals surface area contributed by atoms with Crippen molar-refractivity contribution in [3.63, 3.8) is 0 Å². The second kappa shape index (κ2) is 7.09. The first kappa shape index (κ1) is 16.7. The normalized spacial score (nSPS) is 18.6. The zero-order chi connectivity index (χ0) is 16.2. The van der Waals surface area contributed by atoms with Crippen LogP contribution in [0.3, 0.4) is 0 Å². The quantitative estimate of drug-likeness (QED) is 0.815. The van der Waals surface area contributed by atoms with Gasteiger partial charge in [0.2, 0.25) is 10.0 Å². The molecule has 1 fully saturated rings. The van der Waals surface area contributed by atoms with E-state index in [1.165, 1.54) is 4.31 Å². The van der Waals surface area contributed by atoms with E-state index in [-0.39, 0.29) is 11.8 Å². The molecule has 0 saturated carbocycles. The first-order valence-electron chi connectivity index (χ1n) is 7.27. The SMILES string of the molecule is CCS(=O)(=O)N1CCN(C(C#N)c2ccc(OC)cc2)CC1. The van der Waals surface area contributed by atoms with Crippen LogP contribution >= 0.6 is 0 Å². The Kier molecular flexibility index (Phi) is 5.40. The summed E-state index contributed by atoms with van der Waals surface area (Å²) >= 11 is 0. The van der Waals surface area contributed by atoms with Crippen molar-refractivity contribution in [2.45, 2.75) is 13.0 Å². The summed E-state index contributed by atoms with van der Waals surface area (Å²) < 4.78 is 30.4. The lowest BCUT2D eigenvalue weighted by Crippen LogP contribution is -2.49. The van der Waals surface area contributed by atoms with E-state index in [1.54, 1.807) is 14.0 Å². The highest BCUT2D eigenvalue weighted by Crippen LogP contribution is 2.24. The van der Waals surface area contributed by atoms with Crippen LogP contribution in [0.25, 0.3) is 0 Å². The van der Waals surface area contributed by atoms with Crippen LogP contribution in [0.5, 0.6) is 5.75 Å². The van der Waals surface area contributed by atoms with Crippen LogP contribution in [0.1, 0.15) is 18.5 Å². The molecule has 2 rings (SSSR count). The number of nitriles is 1. The van der Waals surface area contributed by atoms with Gasteiger partial charge in [-0.1, -0.05) is 12.1 Å². The number of sulfonamides is 1. The van der Waals surface area contributed by atoms with E-state index in [4.69, 9.17) is 4.74 Å². The molecule has 0 N–H and O–H groups in total. The van der Waals surface area contributed by atoms with Crippen LogP contribution < -0.4 is 4.74 Å². The highest BCUT2D eigenvalue weighted by atomic mass is 32.2. The van der Waals surface area contributed by atoms with Crippen LogP contribution in [-0.2, 0) is 10.0 Å². The Hall–Kier alpha value is -1.62. The molecule has 1 saturated heterocycles. The summed E-state index contributed by atoms with van der Waals surface area (Å²) in [6.07, 6.45) is 0. The predicted molar refractivity (Wildman–Crippen MR) is 84.0 cm³/mol. The largest absolute Gasteiger partial charge is 0.497 e. The Morgan fingerprint density at radius 2 is 1.82 bits per heavy atom. The Morgan fingerprint density at radius 3 is 2.27 bits per heavy atom. The smallest absolute Gasteiger partial charge is 0.213 e. The molecule has 1 unspecified atom stereocenters. The zero-order valence-corrected chi connectivity index (χ0v) is 13.7. The van der Waals surface area contributed by atoms with Gasteiger partial charge in [-0.25, -0.2) is 8.42 Å². The third kappa shape index (κ3) is 3.58. The molecular weight excluding hydrogens is 302 g/mol. The van der Waals surface area contributed by atoms with Gasteiger partial charge >= 0.3 is 0 Å². The zero-order valence-electron chi connectivity index (χ0n) is 12.9. The monoisotopic (exact) mass is 323 g/mol. The van der Waals surface area contributed by atoms with Crippen molar-refractivity contribution in [3.8, 4) is 11.8 Å². The van der Waals surface area contributed by atoms with Crippen LogP contribution in [-0.4, -0.2) is 56.7 Å². The molecule has 0 spiro atoms. The van der Waals surface area contributed by atoms with E-state index in [0.29, 0.717) is 26.2 Å². The van der Waals surface area contributed by atoms with Crippen molar-refractivity contribution in [2.75, 3.05) is 39.0 Å². The van der Waals surface area contributed by atoms with Gasteiger partial charge in [0, 0.05) is 26.2 Å². The number of nitrogens with zero attached hydrogens (tertiary/aromatic N) is 3. The number of methoxy groups -OCH3 is 1. The van der Waals surface area contributed by atoms with E-state index in [2.05, 4.69) is 6.07 Å². The maximum atomic E-state index is 11.9. The van der Waals surface area contributed by atoms with Gasteiger partial charge in [0.15, 0.2) is 0 Å². The summed E-state index contributed by atoms with van der Waals surface area (Å²) in [4.78, 5) is 2.02. The van der Waals surface area contributed by atoms with Crippen LogP contribution in [0.2, 0.25) is 0 Å². The molecule has 0 aliphatic carbocycles. The maximum Gasteiger partial charge on any atom is 0.213 e. The fourth-order valence-electron chi connectivity index (χ4n) is 2.58. The van der Waals surface area contributed by atoms with Gasteiger partial charge in [-0.15, -0.1) is 0 Å². The summed E-state index contributed by atoms with van der Waals surface area (Å²) in [6, 6.07) is 9.36. The Morgan fingerprint density at radius 1 is 1.23 bits per heavy atom. The molecule has 1 atom stereocenters. The molecule has 1 heterocycles. The minimum Gasteiger partial charge on any atom is -0.497 e.